The first-order valence-electron chi connectivity index (χ1n) is 8.62. The molecule has 148 valence electrons. The Morgan fingerprint density at radius 3 is 2.97 bits per heavy atom. The largest absolute Gasteiger partial charge is 0.354 e. The third-order valence-corrected chi connectivity index (χ3v) is 4.49. The van der Waals surface area contributed by atoms with E-state index in [1.54, 1.807) is 16.9 Å². The molecule has 0 saturated heterocycles. The fourth-order valence-corrected chi connectivity index (χ4v) is 2.95. The minimum atomic E-state index is -0.610. The third-order valence-electron chi connectivity index (χ3n) is 4.20. The second-order valence-electron chi connectivity index (χ2n) is 6.10. The van der Waals surface area contributed by atoms with Gasteiger partial charge in [0.1, 0.15) is 5.82 Å². The molecule has 4 rings (SSSR count). The Kier molecular flexibility index (Phi) is 5.10. The normalized spacial score (nSPS) is 11.0. The maximum absolute atomic E-state index is 13.4. The number of hydrogen-bond donors (Lipinski definition) is 4. The zero-order valence-corrected chi connectivity index (χ0v) is 15.7. The van der Waals surface area contributed by atoms with Crippen LogP contribution in [0.3, 0.4) is 0 Å². The molecule has 0 spiro atoms. The number of halogens is 2. The predicted octanol–water partition coefficient (Wildman–Crippen LogP) is 3.28. The molecule has 4 aromatic rings. The first-order valence-corrected chi connectivity index (χ1v) is 9.00. The van der Waals surface area contributed by atoms with E-state index in [4.69, 9.17) is 17.0 Å². The van der Waals surface area contributed by atoms with E-state index in [2.05, 4.69) is 25.4 Å². The molecule has 29 heavy (non-hydrogen) atoms. The van der Waals surface area contributed by atoms with Crippen LogP contribution in [0.1, 0.15) is 5.56 Å². The van der Waals surface area contributed by atoms with E-state index < -0.39 is 5.82 Å². The van der Waals surface area contributed by atoms with Crippen molar-refractivity contribution < 1.29 is 9.60 Å². The fraction of sp³-hybridized carbons (Fsp3) is 0.111. The lowest BCUT2D eigenvalue weighted by Gasteiger charge is -2.18. The minimum absolute atomic E-state index is 0.153. The molecule has 1 aromatic carbocycles. The van der Waals surface area contributed by atoms with Crippen molar-refractivity contribution in [3.63, 3.8) is 0 Å². The summed E-state index contributed by atoms with van der Waals surface area (Å²) in [5.74, 6) is -0.373. The van der Waals surface area contributed by atoms with Gasteiger partial charge in [-0.05, 0) is 30.3 Å². The molecule has 0 atom stereocenters. The highest BCUT2D eigenvalue weighted by atomic mass is 35.5. The quantitative estimate of drug-likeness (QED) is 0.218. The van der Waals surface area contributed by atoms with E-state index in [1.807, 2.05) is 12.3 Å². The van der Waals surface area contributed by atoms with E-state index in [-0.39, 0.29) is 16.5 Å². The summed E-state index contributed by atoms with van der Waals surface area (Å²) in [4.78, 5) is 11.6. The number of hydroxylamine groups is 1. The highest BCUT2D eigenvalue weighted by Crippen LogP contribution is 2.24. The number of nitrogens with zero attached hydrogens (tertiary/aromatic N) is 5. The molecule has 0 bridgehead atoms. The van der Waals surface area contributed by atoms with E-state index in [9.17, 15) is 9.60 Å². The van der Waals surface area contributed by atoms with Gasteiger partial charge in [-0.3, -0.25) is 15.3 Å². The average molecular weight is 415 g/mol. The molecule has 0 fully saturated rings. The first-order chi connectivity index (χ1) is 14.0. The summed E-state index contributed by atoms with van der Waals surface area (Å²) in [5.41, 5.74) is 1.39. The average Bonchev–Trinajstić information content (AvgIpc) is 3.38. The molecule has 3 aromatic heterocycles. The maximum Gasteiger partial charge on any atom is 0.202 e. The first kappa shape index (κ1) is 18.8. The van der Waals surface area contributed by atoms with Crippen molar-refractivity contribution in [1.82, 2.24) is 24.7 Å². The Bertz CT molecular complexity index is 1160. The molecule has 0 aliphatic rings. The lowest BCUT2D eigenvalue weighted by Crippen LogP contribution is -2.27. The standard InChI is InChI=1S/C18H16ClFN8O/c19-13-10-11(2-3-14(13)20)28(29)16(21)12-4-6-22-17-15(12)25-18(26-17)23-7-9-27-8-1-5-24-27/h1-6,8,10,21,29H,7,9H2,(H2,22,23,25,26). The summed E-state index contributed by atoms with van der Waals surface area (Å²) >= 11 is 5.77. The van der Waals surface area contributed by atoms with Crippen molar-refractivity contribution in [3.05, 3.63) is 65.3 Å². The Hall–Kier alpha value is -3.50. The Labute approximate surface area is 169 Å². The highest BCUT2D eigenvalue weighted by molar-refractivity contribution is 6.31. The zero-order valence-electron chi connectivity index (χ0n) is 15.0. The monoisotopic (exact) mass is 414 g/mol. The molecular formula is C18H16ClFN8O. The summed E-state index contributed by atoms with van der Waals surface area (Å²) in [7, 11) is 0. The highest BCUT2D eigenvalue weighted by Gasteiger charge is 2.18. The van der Waals surface area contributed by atoms with Crippen LogP contribution in [0.25, 0.3) is 11.2 Å². The number of hydrogen-bond acceptors (Lipinski definition) is 6. The van der Waals surface area contributed by atoms with Gasteiger partial charge in [-0.25, -0.2) is 14.4 Å². The molecule has 9 nitrogen and oxygen atoms in total. The molecule has 0 aliphatic carbocycles. The second kappa shape index (κ2) is 7.86. The van der Waals surface area contributed by atoms with Gasteiger partial charge in [-0.15, -0.1) is 0 Å². The SMILES string of the molecule is N=C(c1ccnc2nc(NCCn3cccn3)[nH]c12)N(O)c1ccc(F)c(Cl)c1. The number of aromatic nitrogens is 5. The number of fused-ring (bicyclic) bond motifs is 1. The topological polar surface area (TPSA) is 119 Å². The van der Waals surface area contributed by atoms with Gasteiger partial charge in [0.2, 0.25) is 5.95 Å². The van der Waals surface area contributed by atoms with Crippen LogP contribution in [0.5, 0.6) is 0 Å². The zero-order chi connectivity index (χ0) is 20.4. The van der Waals surface area contributed by atoms with Crippen LogP contribution in [0.2, 0.25) is 5.02 Å². The van der Waals surface area contributed by atoms with Crippen LogP contribution in [0.4, 0.5) is 16.0 Å². The number of aromatic amines is 1. The van der Waals surface area contributed by atoms with Crippen LogP contribution in [-0.2, 0) is 6.54 Å². The molecule has 0 unspecified atom stereocenters. The van der Waals surface area contributed by atoms with Crippen molar-refractivity contribution in [2.75, 3.05) is 16.9 Å². The second-order valence-corrected chi connectivity index (χ2v) is 6.50. The number of imidazole rings is 1. The predicted molar refractivity (Wildman–Crippen MR) is 107 cm³/mol. The summed E-state index contributed by atoms with van der Waals surface area (Å²) in [6.07, 6.45) is 5.06. The number of anilines is 2. The van der Waals surface area contributed by atoms with Crippen molar-refractivity contribution in [1.29, 1.82) is 5.41 Å². The van der Waals surface area contributed by atoms with Crippen molar-refractivity contribution in [3.8, 4) is 0 Å². The molecule has 0 aliphatic heterocycles. The molecular weight excluding hydrogens is 399 g/mol. The number of rotatable bonds is 6. The van der Waals surface area contributed by atoms with Crippen molar-refractivity contribution >= 4 is 40.2 Å². The minimum Gasteiger partial charge on any atom is -0.354 e. The Balaban J connectivity index is 1.55. The summed E-state index contributed by atoms with van der Waals surface area (Å²) < 4.78 is 15.2. The lowest BCUT2D eigenvalue weighted by atomic mass is 10.2. The lowest BCUT2D eigenvalue weighted by molar-refractivity contribution is 0.312. The van der Waals surface area contributed by atoms with Crippen LogP contribution in [0.15, 0.2) is 48.9 Å². The van der Waals surface area contributed by atoms with Gasteiger partial charge in [-0.2, -0.15) is 10.1 Å². The van der Waals surface area contributed by atoms with Gasteiger partial charge in [0.05, 0.1) is 22.8 Å². The number of H-pyrrole nitrogens is 1. The van der Waals surface area contributed by atoms with Gasteiger partial charge in [0, 0.05) is 30.7 Å². The summed E-state index contributed by atoms with van der Waals surface area (Å²) in [6, 6.07) is 7.10. The fourth-order valence-electron chi connectivity index (χ4n) is 2.77. The third kappa shape index (κ3) is 3.89. The molecule has 3 heterocycles. The maximum atomic E-state index is 13.4. The van der Waals surface area contributed by atoms with Crippen molar-refractivity contribution in [2.24, 2.45) is 0 Å². The molecule has 0 amide bonds. The smallest absolute Gasteiger partial charge is 0.202 e. The summed E-state index contributed by atoms with van der Waals surface area (Å²) in [5, 5.41) is 26.5. The van der Waals surface area contributed by atoms with E-state index in [0.717, 1.165) is 6.07 Å². The van der Waals surface area contributed by atoms with Crippen LogP contribution in [-0.4, -0.2) is 42.3 Å². The Morgan fingerprint density at radius 2 is 2.21 bits per heavy atom. The van der Waals surface area contributed by atoms with Crippen LogP contribution in [0, 0.1) is 11.2 Å². The van der Waals surface area contributed by atoms with E-state index >= 15 is 0 Å². The number of pyridine rings is 1. The van der Waals surface area contributed by atoms with Crippen LogP contribution >= 0.6 is 11.6 Å². The molecule has 0 saturated carbocycles. The molecule has 11 heteroatoms. The number of benzene rings is 1. The van der Waals surface area contributed by atoms with Gasteiger partial charge < -0.3 is 10.3 Å². The van der Waals surface area contributed by atoms with Gasteiger partial charge >= 0.3 is 0 Å². The van der Waals surface area contributed by atoms with E-state index in [1.165, 1.54) is 18.3 Å². The van der Waals surface area contributed by atoms with Gasteiger partial charge in [0.25, 0.3) is 0 Å². The Morgan fingerprint density at radius 1 is 1.34 bits per heavy atom. The number of amidine groups is 1. The number of nitrogens with one attached hydrogen (secondary N) is 3. The van der Waals surface area contributed by atoms with Gasteiger partial charge in [-0.1, -0.05) is 11.6 Å². The molecule has 4 N–H and O–H groups in total. The van der Waals surface area contributed by atoms with Crippen LogP contribution < -0.4 is 10.4 Å². The van der Waals surface area contributed by atoms with E-state index in [0.29, 0.717) is 40.8 Å². The van der Waals surface area contributed by atoms with Gasteiger partial charge in [0.15, 0.2) is 11.5 Å². The molecule has 0 radical (unpaired) electrons. The summed E-state index contributed by atoms with van der Waals surface area (Å²) in [6.45, 7) is 1.23. The van der Waals surface area contributed by atoms with Crippen molar-refractivity contribution in [2.45, 2.75) is 6.54 Å².